The lowest BCUT2D eigenvalue weighted by Crippen LogP contribution is -2.18. The van der Waals surface area contributed by atoms with E-state index in [4.69, 9.17) is 0 Å². The van der Waals surface area contributed by atoms with Crippen molar-refractivity contribution in [3.8, 4) is 0 Å². The summed E-state index contributed by atoms with van der Waals surface area (Å²) in [6.45, 7) is 9.52. The first-order chi connectivity index (χ1) is 5.13. The Kier molecular flexibility index (Phi) is 2.98. The highest BCUT2D eigenvalue weighted by Gasteiger charge is 2.31. The first-order valence-electron chi connectivity index (χ1n) is 5.13. The summed E-state index contributed by atoms with van der Waals surface area (Å²) in [6, 6.07) is 0. The molecule has 0 aliphatic heterocycles. The largest absolute Gasteiger partial charge is 0.0625 e. The second-order valence-corrected chi connectivity index (χ2v) is 4.75. The molecule has 11 heavy (non-hydrogen) atoms. The van der Waals surface area contributed by atoms with Crippen molar-refractivity contribution in [3.63, 3.8) is 0 Å². The van der Waals surface area contributed by atoms with Crippen LogP contribution in [0.2, 0.25) is 0 Å². The molecule has 1 saturated carbocycles. The Morgan fingerprint density at radius 2 is 1.18 bits per heavy atom. The molecule has 0 unspecified atom stereocenters. The number of rotatable bonds is 2. The van der Waals surface area contributed by atoms with Crippen LogP contribution in [0.15, 0.2) is 0 Å². The maximum absolute atomic E-state index is 2.38. The Morgan fingerprint density at radius 1 is 0.818 bits per heavy atom. The van der Waals surface area contributed by atoms with E-state index in [1.807, 2.05) is 0 Å². The smallest absolute Gasteiger partial charge is 0.0360 e. The predicted molar refractivity (Wildman–Crippen MR) is 50.5 cm³/mol. The summed E-state index contributed by atoms with van der Waals surface area (Å²) in [6.07, 6.45) is 4.45. The molecule has 0 aromatic heterocycles. The van der Waals surface area contributed by atoms with Gasteiger partial charge in [0.1, 0.15) is 0 Å². The summed E-state index contributed by atoms with van der Waals surface area (Å²) in [4.78, 5) is 0. The lowest BCUT2D eigenvalue weighted by atomic mass is 9.80. The zero-order valence-corrected chi connectivity index (χ0v) is 8.43. The fourth-order valence-corrected chi connectivity index (χ4v) is 2.67. The van der Waals surface area contributed by atoms with Crippen molar-refractivity contribution in [1.29, 1.82) is 0 Å². The average Bonchev–Trinajstić information content (AvgIpc) is 2.32. The molecule has 0 N–H and O–H groups in total. The highest BCUT2D eigenvalue weighted by molar-refractivity contribution is 4.81. The maximum Gasteiger partial charge on any atom is -0.0360 e. The van der Waals surface area contributed by atoms with Gasteiger partial charge in [-0.3, -0.25) is 0 Å². The van der Waals surface area contributed by atoms with Crippen LogP contribution in [-0.4, -0.2) is 0 Å². The van der Waals surface area contributed by atoms with Gasteiger partial charge in [-0.25, -0.2) is 0 Å². The van der Waals surface area contributed by atoms with E-state index in [1.165, 1.54) is 19.3 Å². The maximum atomic E-state index is 2.38. The van der Waals surface area contributed by atoms with Gasteiger partial charge in [0, 0.05) is 0 Å². The minimum atomic E-state index is 0.907. The van der Waals surface area contributed by atoms with Gasteiger partial charge in [-0.1, -0.05) is 34.1 Å². The van der Waals surface area contributed by atoms with Crippen LogP contribution in [0, 0.1) is 23.7 Å². The Bertz CT molecular complexity index is 99.2. The zero-order valence-electron chi connectivity index (χ0n) is 8.43. The molecule has 0 radical (unpaired) electrons. The third-order valence-corrected chi connectivity index (χ3v) is 3.34. The van der Waals surface area contributed by atoms with Crippen molar-refractivity contribution in [3.05, 3.63) is 0 Å². The SMILES string of the molecule is CC(C)[C@H]1CCC[C@H]1C(C)C. The first kappa shape index (κ1) is 9.09. The molecule has 0 heterocycles. The molecule has 2 atom stereocenters. The molecule has 0 aromatic rings. The van der Waals surface area contributed by atoms with E-state index in [-0.39, 0.29) is 0 Å². The van der Waals surface area contributed by atoms with Gasteiger partial charge in [0.05, 0.1) is 0 Å². The topological polar surface area (TPSA) is 0 Å². The molecule has 1 rings (SSSR count). The standard InChI is InChI=1S/C11H22/c1-8(2)10-6-5-7-11(10)9(3)4/h8-11H,5-7H2,1-4H3/t10-,11+. The van der Waals surface area contributed by atoms with Gasteiger partial charge < -0.3 is 0 Å². The molecule has 0 saturated heterocycles. The Hall–Kier alpha value is 0. The highest BCUT2D eigenvalue weighted by Crippen LogP contribution is 2.40. The van der Waals surface area contributed by atoms with Crippen LogP contribution < -0.4 is 0 Å². The van der Waals surface area contributed by atoms with Gasteiger partial charge in [0.15, 0.2) is 0 Å². The van der Waals surface area contributed by atoms with Gasteiger partial charge in [0.25, 0.3) is 0 Å². The van der Waals surface area contributed by atoms with Gasteiger partial charge in [-0.05, 0) is 36.5 Å². The second kappa shape index (κ2) is 3.60. The van der Waals surface area contributed by atoms with E-state index < -0.39 is 0 Å². The Labute approximate surface area is 71.4 Å². The van der Waals surface area contributed by atoms with Crippen molar-refractivity contribution in [2.24, 2.45) is 23.7 Å². The third-order valence-electron chi connectivity index (χ3n) is 3.34. The van der Waals surface area contributed by atoms with Gasteiger partial charge in [0.2, 0.25) is 0 Å². The van der Waals surface area contributed by atoms with E-state index in [0.717, 1.165) is 23.7 Å². The van der Waals surface area contributed by atoms with Crippen LogP contribution >= 0.6 is 0 Å². The van der Waals surface area contributed by atoms with Crippen molar-refractivity contribution in [2.45, 2.75) is 47.0 Å². The molecule has 1 aliphatic rings. The van der Waals surface area contributed by atoms with Crippen LogP contribution in [0.1, 0.15) is 47.0 Å². The van der Waals surface area contributed by atoms with Crippen molar-refractivity contribution in [1.82, 2.24) is 0 Å². The molecule has 0 spiro atoms. The highest BCUT2D eigenvalue weighted by atomic mass is 14.4. The van der Waals surface area contributed by atoms with Gasteiger partial charge in [-0.15, -0.1) is 0 Å². The molecule has 1 aliphatic carbocycles. The summed E-state index contributed by atoms with van der Waals surface area (Å²) >= 11 is 0. The normalized spacial score (nSPS) is 32.2. The van der Waals surface area contributed by atoms with Crippen LogP contribution in [0.25, 0.3) is 0 Å². The van der Waals surface area contributed by atoms with Crippen LogP contribution in [0.4, 0.5) is 0 Å². The number of hydrogen-bond acceptors (Lipinski definition) is 0. The molecule has 66 valence electrons. The van der Waals surface area contributed by atoms with E-state index in [9.17, 15) is 0 Å². The van der Waals surface area contributed by atoms with Crippen LogP contribution in [0.5, 0.6) is 0 Å². The molecule has 0 bridgehead atoms. The van der Waals surface area contributed by atoms with Gasteiger partial charge in [-0.2, -0.15) is 0 Å². The molecule has 1 fully saturated rings. The molecule has 0 nitrogen and oxygen atoms in total. The first-order valence-corrected chi connectivity index (χ1v) is 5.13. The second-order valence-electron chi connectivity index (χ2n) is 4.75. The van der Waals surface area contributed by atoms with E-state index in [1.54, 1.807) is 0 Å². The lowest BCUT2D eigenvalue weighted by molar-refractivity contribution is 0.235. The summed E-state index contributed by atoms with van der Waals surface area (Å²) in [5.74, 6) is 3.86. The van der Waals surface area contributed by atoms with Crippen molar-refractivity contribution < 1.29 is 0 Å². The monoisotopic (exact) mass is 154 g/mol. The molecule has 0 heteroatoms. The molecule has 0 amide bonds. The van der Waals surface area contributed by atoms with Crippen molar-refractivity contribution in [2.75, 3.05) is 0 Å². The van der Waals surface area contributed by atoms with Crippen molar-refractivity contribution >= 4 is 0 Å². The van der Waals surface area contributed by atoms with Gasteiger partial charge >= 0.3 is 0 Å². The van der Waals surface area contributed by atoms with E-state index in [2.05, 4.69) is 27.7 Å². The summed E-state index contributed by atoms with van der Waals surface area (Å²) in [5.41, 5.74) is 0. The minimum Gasteiger partial charge on any atom is -0.0625 e. The summed E-state index contributed by atoms with van der Waals surface area (Å²) in [7, 11) is 0. The van der Waals surface area contributed by atoms with Crippen LogP contribution in [0.3, 0.4) is 0 Å². The number of hydrogen-bond donors (Lipinski definition) is 0. The lowest BCUT2D eigenvalue weighted by Gasteiger charge is -2.26. The summed E-state index contributed by atoms with van der Waals surface area (Å²) < 4.78 is 0. The average molecular weight is 154 g/mol. The summed E-state index contributed by atoms with van der Waals surface area (Å²) in [5, 5.41) is 0. The zero-order chi connectivity index (χ0) is 8.43. The quantitative estimate of drug-likeness (QED) is 0.568. The Balaban J connectivity index is 2.51. The molecular weight excluding hydrogens is 132 g/mol. The van der Waals surface area contributed by atoms with E-state index >= 15 is 0 Å². The molecular formula is C11H22. The fraction of sp³-hybridized carbons (Fsp3) is 1.00. The fourth-order valence-electron chi connectivity index (χ4n) is 2.67. The predicted octanol–water partition coefficient (Wildman–Crippen LogP) is 3.71. The molecule has 0 aromatic carbocycles. The van der Waals surface area contributed by atoms with E-state index in [0.29, 0.717) is 0 Å². The van der Waals surface area contributed by atoms with Crippen LogP contribution in [-0.2, 0) is 0 Å². The third kappa shape index (κ3) is 1.98. The minimum absolute atomic E-state index is 0.907. The Morgan fingerprint density at radius 3 is 1.45 bits per heavy atom.